The van der Waals surface area contributed by atoms with Crippen molar-refractivity contribution in [3.05, 3.63) is 29.8 Å². The second kappa shape index (κ2) is 2.60. The number of aryl methyl sites for hydroxylation is 1. The van der Waals surface area contributed by atoms with Crippen LogP contribution in [0.2, 0.25) is 0 Å². The smallest absolute Gasteiger partial charge is 0.241 e. The average Bonchev–Trinajstić information content (AvgIpc) is 2.12. The minimum Gasteiger partial charge on any atom is -0.273 e. The predicted octanol–water partition coefficient (Wildman–Crippen LogP) is 0.839. The molecule has 62 valence electrons. The molecule has 3 heteroatoms. The SMILES string of the molecule is NN1C(=O)CCc2ccccc21. The Morgan fingerprint density at radius 1 is 1.25 bits per heavy atom. The van der Waals surface area contributed by atoms with E-state index in [1.165, 1.54) is 5.01 Å². The first-order valence-electron chi connectivity index (χ1n) is 3.94. The number of carbonyl (C=O) groups excluding carboxylic acids is 1. The lowest BCUT2D eigenvalue weighted by Crippen LogP contribution is -2.40. The first-order chi connectivity index (χ1) is 5.79. The number of fused-ring (bicyclic) bond motifs is 1. The van der Waals surface area contributed by atoms with E-state index in [-0.39, 0.29) is 5.91 Å². The maximum atomic E-state index is 11.2. The molecule has 12 heavy (non-hydrogen) atoms. The number of hydrazine groups is 1. The van der Waals surface area contributed by atoms with Crippen molar-refractivity contribution in [2.24, 2.45) is 5.84 Å². The van der Waals surface area contributed by atoms with Crippen LogP contribution in [-0.2, 0) is 11.2 Å². The van der Waals surface area contributed by atoms with Crippen molar-refractivity contribution in [1.82, 2.24) is 0 Å². The molecule has 0 unspecified atom stereocenters. The van der Waals surface area contributed by atoms with Crippen LogP contribution in [0.5, 0.6) is 0 Å². The van der Waals surface area contributed by atoms with Gasteiger partial charge in [0.25, 0.3) is 0 Å². The summed E-state index contributed by atoms with van der Waals surface area (Å²) in [5, 5.41) is 1.23. The summed E-state index contributed by atoms with van der Waals surface area (Å²) in [6, 6.07) is 7.72. The van der Waals surface area contributed by atoms with Gasteiger partial charge in [0, 0.05) is 6.42 Å². The maximum absolute atomic E-state index is 11.2. The van der Waals surface area contributed by atoms with Gasteiger partial charge in [-0.05, 0) is 18.1 Å². The highest BCUT2D eigenvalue weighted by atomic mass is 16.2. The Bertz CT molecular complexity index is 322. The van der Waals surface area contributed by atoms with Crippen molar-refractivity contribution in [3.8, 4) is 0 Å². The van der Waals surface area contributed by atoms with Crippen LogP contribution in [0.25, 0.3) is 0 Å². The molecule has 0 atom stereocenters. The molecule has 0 bridgehead atoms. The topological polar surface area (TPSA) is 46.3 Å². The van der Waals surface area contributed by atoms with Crippen LogP contribution in [0.4, 0.5) is 5.69 Å². The van der Waals surface area contributed by atoms with Gasteiger partial charge in [-0.1, -0.05) is 18.2 Å². The van der Waals surface area contributed by atoms with E-state index in [1.807, 2.05) is 24.3 Å². The van der Waals surface area contributed by atoms with Crippen LogP contribution in [0.15, 0.2) is 24.3 Å². The lowest BCUT2D eigenvalue weighted by Gasteiger charge is -2.24. The summed E-state index contributed by atoms with van der Waals surface area (Å²) >= 11 is 0. The average molecular weight is 162 g/mol. The number of amides is 1. The van der Waals surface area contributed by atoms with E-state index in [4.69, 9.17) is 5.84 Å². The molecule has 3 nitrogen and oxygen atoms in total. The van der Waals surface area contributed by atoms with Crippen LogP contribution in [0, 0.1) is 0 Å². The molecule has 1 aliphatic rings. The summed E-state index contributed by atoms with van der Waals surface area (Å²) < 4.78 is 0. The van der Waals surface area contributed by atoms with Crippen molar-refractivity contribution < 1.29 is 4.79 Å². The number of hydrogen-bond acceptors (Lipinski definition) is 2. The van der Waals surface area contributed by atoms with Gasteiger partial charge in [-0.2, -0.15) is 0 Å². The van der Waals surface area contributed by atoms with E-state index >= 15 is 0 Å². The van der Waals surface area contributed by atoms with Crippen molar-refractivity contribution in [2.45, 2.75) is 12.8 Å². The Labute approximate surface area is 70.8 Å². The third-order valence-electron chi connectivity index (χ3n) is 2.13. The highest BCUT2D eigenvalue weighted by Gasteiger charge is 2.20. The number of anilines is 1. The summed E-state index contributed by atoms with van der Waals surface area (Å²) in [5.41, 5.74) is 1.99. The molecule has 1 aromatic rings. The van der Waals surface area contributed by atoms with E-state index in [0.29, 0.717) is 6.42 Å². The molecule has 0 saturated carbocycles. The molecular weight excluding hydrogens is 152 g/mol. The molecule has 0 spiro atoms. The van der Waals surface area contributed by atoms with E-state index in [1.54, 1.807) is 0 Å². The molecule has 2 N–H and O–H groups in total. The monoisotopic (exact) mass is 162 g/mol. The Balaban J connectivity index is 2.48. The van der Waals surface area contributed by atoms with Gasteiger partial charge in [-0.25, -0.2) is 10.9 Å². The number of para-hydroxylation sites is 1. The van der Waals surface area contributed by atoms with Crippen molar-refractivity contribution in [2.75, 3.05) is 5.01 Å². The van der Waals surface area contributed by atoms with E-state index in [0.717, 1.165) is 17.7 Å². The lowest BCUT2D eigenvalue weighted by molar-refractivity contribution is -0.118. The lowest BCUT2D eigenvalue weighted by atomic mass is 10.0. The van der Waals surface area contributed by atoms with Crippen LogP contribution in [0.1, 0.15) is 12.0 Å². The second-order valence-corrected chi connectivity index (χ2v) is 2.89. The first kappa shape index (κ1) is 7.31. The van der Waals surface area contributed by atoms with Gasteiger partial charge in [0.1, 0.15) is 0 Å². The molecule has 1 aromatic carbocycles. The summed E-state index contributed by atoms with van der Waals surface area (Å²) in [5.74, 6) is 5.57. The van der Waals surface area contributed by atoms with Gasteiger partial charge >= 0.3 is 0 Å². The summed E-state index contributed by atoms with van der Waals surface area (Å²) in [6.07, 6.45) is 1.33. The number of carbonyl (C=O) groups is 1. The van der Waals surface area contributed by atoms with Crippen molar-refractivity contribution >= 4 is 11.6 Å². The summed E-state index contributed by atoms with van der Waals surface area (Å²) in [4.78, 5) is 11.2. The summed E-state index contributed by atoms with van der Waals surface area (Å²) in [7, 11) is 0. The molecule has 1 heterocycles. The van der Waals surface area contributed by atoms with Crippen LogP contribution in [0.3, 0.4) is 0 Å². The second-order valence-electron chi connectivity index (χ2n) is 2.89. The predicted molar refractivity (Wildman–Crippen MR) is 46.4 cm³/mol. The number of rotatable bonds is 0. The molecule has 0 aliphatic carbocycles. The zero-order valence-electron chi connectivity index (χ0n) is 6.66. The molecular formula is C9H10N2O. The van der Waals surface area contributed by atoms with Crippen molar-refractivity contribution in [3.63, 3.8) is 0 Å². The maximum Gasteiger partial charge on any atom is 0.241 e. The Morgan fingerprint density at radius 3 is 2.83 bits per heavy atom. The standard InChI is InChI=1S/C9H10N2O/c10-11-8-4-2-1-3-7(8)5-6-9(11)12/h1-4H,5-6,10H2. The highest BCUT2D eigenvalue weighted by molar-refractivity contribution is 5.95. The van der Waals surface area contributed by atoms with Gasteiger partial charge in [0.05, 0.1) is 5.69 Å². The Hall–Kier alpha value is -1.35. The molecule has 0 saturated heterocycles. The van der Waals surface area contributed by atoms with Crippen LogP contribution in [-0.4, -0.2) is 5.91 Å². The Kier molecular flexibility index (Phi) is 1.59. The molecule has 0 fully saturated rings. The zero-order chi connectivity index (χ0) is 8.55. The van der Waals surface area contributed by atoms with Crippen LogP contribution < -0.4 is 10.9 Å². The van der Waals surface area contributed by atoms with Crippen molar-refractivity contribution in [1.29, 1.82) is 0 Å². The summed E-state index contributed by atoms with van der Waals surface area (Å²) in [6.45, 7) is 0. The van der Waals surface area contributed by atoms with E-state index in [9.17, 15) is 4.79 Å². The molecule has 2 rings (SSSR count). The minimum absolute atomic E-state index is 0.00583. The van der Waals surface area contributed by atoms with E-state index < -0.39 is 0 Å². The third kappa shape index (κ3) is 0.987. The van der Waals surface area contributed by atoms with Gasteiger partial charge < -0.3 is 0 Å². The first-order valence-corrected chi connectivity index (χ1v) is 3.94. The molecule has 1 aliphatic heterocycles. The normalized spacial score (nSPS) is 16.1. The fourth-order valence-electron chi connectivity index (χ4n) is 1.45. The molecule has 1 amide bonds. The van der Waals surface area contributed by atoms with Crippen LogP contribution >= 0.6 is 0 Å². The van der Waals surface area contributed by atoms with Gasteiger partial charge in [0.2, 0.25) is 5.91 Å². The fourth-order valence-corrected chi connectivity index (χ4v) is 1.45. The van der Waals surface area contributed by atoms with E-state index in [2.05, 4.69) is 0 Å². The number of benzene rings is 1. The largest absolute Gasteiger partial charge is 0.273 e. The minimum atomic E-state index is -0.00583. The molecule has 0 radical (unpaired) electrons. The quantitative estimate of drug-likeness (QED) is 0.454. The number of nitrogens with zero attached hydrogens (tertiary/aromatic N) is 1. The fraction of sp³-hybridized carbons (Fsp3) is 0.222. The van der Waals surface area contributed by atoms with Gasteiger partial charge in [-0.3, -0.25) is 4.79 Å². The van der Waals surface area contributed by atoms with Gasteiger partial charge in [0.15, 0.2) is 0 Å². The molecule has 0 aromatic heterocycles. The number of hydrogen-bond donors (Lipinski definition) is 1. The number of nitrogens with two attached hydrogens (primary N) is 1. The zero-order valence-corrected chi connectivity index (χ0v) is 6.66. The Morgan fingerprint density at radius 2 is 2.00 bits per heavy atom. The highest BCUT2D eigenvalue weighted by Crippen LogP contribution is 2.24. The van der Waals surface area contributed by atoms with Gasteiger partial charge in [-0.15, -0.1) is 0 Å². The third-order valence-corrected chi connectivity index (χ3v) is 2.13.